The van der Waals surface area contributed by atoms with Crippen molar-refractivity contribution < 1.29 is 9.47 Å². The van der Waals surface area contributed by atoms with Gasteiger partial charge in [-0.3, -0.25) is 0 Å². The Morgan fingerprint density at radius 2 is 1.45 bits per heavy atom. The van der Waals surface area contributed by atoms with Gasteiger partial charge in [-0.25, -0.2) is 11.5 Å². The summed E-state index contributed by atoms with van der Waals surface area (Å²) in [5.74, 6) is 1.16. The summed E-state index contributed by atoms with van der Waals surface area (Å²) in [5.41, 5.74) is 10.7. The number of benzene rings is 1. The van der Waals surface area contributed by atoms with Crippen molar-refractivity contribution in [2.75, 3.05) is 0 Å². The normalized spacial score (nSPS) is 18.4. The topological polar surface area (TPSA) is 70.5 Å². The highest BCUT2D eigenvalue weighted by Crippen LogP contribution is 2.34. The average molecular weight is 152 g/mol. The minimum Gasteiger partial charge on any atom is -0.424 e. The number of nitrogens with two attached hydrogens (primary N) is 2. The van der Waals surface area contributed by atoms with Gasteiger partial charge in [-0.1, -0.05) is 12.1 Å². The Morgan fingerprint density at radius 1 is 1.00 bits per heavy atom. The van der Waals surface area contributed by atoms with Crippen LogP contribution in [0.1, 0.15) is 0 Å². The standard InChI is InChI=1S/C7H8N2O2/c8-7(9)10-5-3-1-2-4-6(5)11-7/h1-4H,8-9H2. The van der Waals surface area contributed by atoms with Crippen LogP contribution in [0.5, 0.6) is 11.5 Å². The first kappa shape index (κ1) is 6.45. The van der Waals surface area contributed by atoms with E-state index in [1.54, 1.807) is 12.1 Å². The van der Waals surface area contributed by atoms with Crippen LogP contribution in [0.2, 0.25) is 0 Å². The van der Waals surface area contributed by atoms with E-state index in [1.807, 2.05) is 12.1 Å². The lowest BCUT2D eigenvalue weighted by molar-refractivity contribution is -0.0671. The zero-order valence-electron chi connectivity index (χ0n) is 5.78. The number of rotatable bonds is 0. The minimum atomic E-state index is -1.50. The molecule has 0 fully saturated rings. The fraction of sp³-hybridized carbons (Fsp3) is 0.143. The molecule has 0 saturated heterocycles. The molecule has 4 N–H and O–H groups in total. The Balaban J connectivity index is 2.41. The van der Waals surface area contributed by atoms with Crippen LogP contribution in [-0.4, -0.2) is 6.03 Å². The van der Waals surface area contributed by atoms with Gasteiger partial charge in [-0.15, -0.1) is 0 Å². The zero-order valence-corrected chi connectivity index (χ0v) is 5.78. The van der Waals surface area contributed by atoms with E-state index < -0.39 is 6.03 Å². The summed E-state index contributed by atoms with van der Waals surface area (Å²) in [6, 6.07) is 5.64. The molecule has 0 radical (unpaired) electrons. The van der Waals surface area contributed by atoms with Gasteiger partial charge in [0.1, 0.15) is 0 Å². The molecule has 0 unspecified atom stereocenters. The molecule has 0 atom stereocenters. The van der Waals surface area contributed by atoms with Crippen LogP contribution < -0.4 is 20.9 Å². The van der Waals surface area contributed by atoms with Crippen molar-refractivity contribution >= 4 is 0 Å². The van der Waals surface area contributed by atoms with Gasteiger partial charge in [-0.2, -0.15) is 0 Å². The van der Waals surface area contributed by atoms with Crippen molar-refractivity contribution in [3.63, 3.8) is 0 Å². The van der Waals surface area contributed by atoms with E-state index in [0.29, 0.717) is 11.5 Å². The Hall–Kier alpha value is -1.26. The Kier molecular flexibility index (Phi) is 1.10. The number of hydrogen-bond acceptors (Lipinski definition) is 4. The second-order valence-corrected chi connectivity index (χ2v) is 2.37. The van der Waals surface area contributed by atoms with E-state index in [1.165, 1.54) is 0 Å². The third-order valence-corrected chi connectivity index (χ3v) is 1.39. The van der Waals surface area contributed by atoms with Crippen LogP contribution in [0.15, 0.2) is 24.3 Å². The third-order valence-electron chi connectivity index (χ3n) is 1.39. The van der Waals surface area contributed by atoms with E-state index in [9.17, 15) is 0 Å². The Bertz CT molecular complexity index is 259. The maximum atomic E-state index is 5.36. The largest absolute Gasteiger partial charge is 0.424 e. The fourth-order valence-corrected chi connectivity index (χ4v) is 0.983. The molecular formula is C7H8N2O2. The van der Waals surface area contributed by atoms with E-state index in [2.05, 4.69) is 0 Å². The molecule has 0 saturated carbocycles. The van der Waals surface area contributed by atoms with Gasteiger partial charge >= 0.3 is 6.03 Å². The second-order valence-electron chi connectivity index (χ2n) is 2.37. The third kappa shape index (κ3) is 1.02. The van der Waals surface area contributed by atoms with Crippen molar-refractivity contribution in [2.45, 2.75) is 6.03 Å². The molecule has 1 aromatic carbocycles. The van der Waals surface area contributed by atoms with Crippen molar-refractivity contribution in [1.29, 1.82) is 0 Å². The summed E-state index contributed by atoms with van der Waals surface area (Å²) in [4.78, 5) is 0. The lowest BCUT2D eigenvalue weighted by atomic mass is 10.3. The van der Waals surface area contributed by atoms with E-state index >= 15 is 0 Å². The molecule has 1 heterocycles. The number of fused-ring (bicyclic) bond motifs is 1. The molecule has 4 nitrogen and oxygen atoms in total. The monoisotopic (exact) mass is 152 g/mol. The molecule has 11 heavy (non-hydrogen) atoms. The summed E-state index contributed by atoms with van der Waals surface area (Å²) >= 11 is 0. The first-order chi connectivity index (χ1) is 5.17. The molecule has 0 bridgehead atoms. The van der Waals surface area contributed by atoms with E-state index in [0.717, 1.165) is 0 Å². The quantitative estimate of drug-likeness (QED) is 0.513. The molecule has 0 spiro atoms. The van der Waals surface area contributed by atoms with Gasteiger partial charge in [-0.05, 0) is 12.1 Å². The lowest BCUT2D eigenvalue weighted by Crippen LogP contribution is -2.56. The second kappa shape index (κ2) is 1.87. The van der Waals surface area contributed by atoms with Crippen molar-refractivity contribution in [3.05, 3.63) is 24.3 Å². The molecule has 0 aliphatic carbocycles. The molecule has 2 rings (SSSR count). The Morgan fingerprint density at radius 3 is 1.91 bits per heavy atom. The van der Waals surface area contributed by atoms with Crippen molar-refractivity contribution in [3.8, 4) is 11.5 Å². The smallest absolute Gasteiger partial charge is 0.376 e. The maximum Gasteiger partial charge on any atom is 0.376 e. The number of hydrogen-bond donors (Lipinski definition) is 2. The summed E-state index contributed by atoms with van der Waals surface area (Å²) in [7, 11) is 0. The van der Waals surface area contributed by atoms with Crippen molar-refractivity contribution in [2.24, 2.45) is 11.5 Å². The lowest BCUT2D eigenvalue weighted by Gasteiger charge is -2.14. The van der Waals surface area contributed by atoms with Gasteiger partial charge in [0, 0.05) is 0 Å². The summed E-state index contributed by atoms with van der Waals surface area (Å²) < 4.78 is 10.1. The molecule has 1 aliphatic rings. The van der Waals surface area contributed by atoms with Crippen LogP contribution in [0.4, 0.5) is 0 Å². The molecular weight excluding hydrogens is 144 g/mol. The first-order valence-electron chi connectivity index (χ1n) is 3.22. The number of ether oxygens (including phenoxy) is 2. The summed E-state index contributed by atoms with van der Waals surface area (Å²) in [6.07, 6.45) is 0. The fourth-order valence-electron chi connectivity index (χ4n) is 0.983. The van der Waals surface area contributed by atoms with E-state index in [-0.39, 0.29) is 0 Å². The predicted molar refractivity (Wildman–Crippen MR) is 38.8 cm³/mol. The summed E-state index contributed by atoms with van der Waals surface area (Å²) in [5, 5.41) is 0. The van der Waals surface area contributed by atoms with Gasteiger partial charge in [0.25, 0.3) is 0 Å². The van der Waals surface area contributed by atoms with Crippen LogP contribution >= 0.6 is 0 Å². The molecule has 0 amide bonds. The highest BCUT2D eigenvalue weighted by Gasteiger charge is 2.32. The van der Waals surface area contributed by atoms with Crippen LogP contribution in [0.3, 0.4) is 0 Å². The first-order valence-corrected chi connectivity index (χ1v) is 3.22. The van der Waals surface area contributed by atoms with Crippen LogP contribution in [0.25, 0.3) is 0 Å². The summed E-state index contributed by atoms with van der Waals surface area (Å²) in [6.45, 7) is 0. The maximum absolute atomic E-state index is 5.36. The zero-order chi connectivity index (χ0) is 7.90. The molecule has 58 valence electrons. The molecule has 1 aliphatic heterocycles. The molecule has 1 aromatic rings. The SMILES string of the molecule is NC1(N)Oc2ccccc2O1. The van der Waals surface area contributed by atoms with Crippen molar-refractivity contribution in [1.82, 2.24) is 0 Å². The predicted octanol–water partition coefficient (Wildman–Crippen LogP) is -0.0135. The highest BCUT2D eigenvalue weighted by atomic mass is 16.8. The minimum absolute atomic E-state index is 0.581. The molecule has 4 heteroatoms. The number of para-hydroxylation sites is 2. The highest BCUT2D eigenvalue weighted by molar-refractivity contribution is 5.42. The van der Waals surface area contributed by atoms with Gasteiger partial charge in [0.15, 0.2) is 11.5 Å². The Labute approximate surface area is 63.7 Å². The average Bonchev–Trinajstić information content (AvgIpc) is 2.21. The van der Waals surface area contributed by atoms with E-state index in [4.69, 9.17) is 20.9 Å². The van der Waals surface area contributed by atoms with Crippen LogP contribution in [0, 0.1) is 0 Å². The van der Waals surface area contributed by atoms with Gasteiger partial charge in [0.05, 0.1) is 0 Å². The van der Waals surface area contributed by atoms with Crippen LogP contribution in [-0.2, 0) is 0 Å². The van der Waals surface area contributed by atoms with Gasteiger partial charge in [0.2, 0.25) is 0 Å². The van der Waals surface area contributed by atoms with Gasteiger partial charge < -0.3 is 9.47 Å². The molecule has 0 aromatic heterocycles.